The van der Waals surface area contributed by atoms with Crippen molar-refractivity contribution in [1.29, 1.82) is 0 Å². The minimum absolute atomic E-state index is 0.264. The van der Waals surface area contributed by atoms with Crippen molar-refractivity contribution in [3.8, 4) is 5.75 Å². The lowest BCUT2D eigenvalue weighted by Gasteiger charge is -2.33. The van der Waals surface area contributed by atoms with Crippen LogP contribution < -0.4 is 5.32 Å². The molecule has 1 atom stereocenters. The predicted molar refractivity (Wildman–Crippen MR) is 68.7 cm³/mol. The molecular weight excluding hydrogens is 268 g/mol. The molecule has 0 bridgehead atoms. The average Bonchev–Trinajstić information content (AvgIpc) is 2.32. The number of rotatable bonds is 2. The van der Waals surface area contributed by atoms with E-state index in [9.17, 15) is 5.11 Å². The Bertz CT molecular complexity index is 364. The second-order valence-corrected chi connectivity index (χ2v) is 5.08. The van der Waals surface area contributed by atoms with E-state index in [1.165, 1.54) is 0 Å². The Kier molecular flexibility index (Phi) is 3.84. The van der Waals surface area contributed by atoms with Crippen molar-refractivity contribution < 1.29 is 5.11 Å². The van der Waals surface area contributed by atoms with Crippen LogP contribution in [-0.2, 0) is 0 Å². The maximum absolute atomic E-state index is 9.87. The molecule has 1 aliphatic rings. The third-order valence-electron chi connectivity index (χ3n) is 3.14. The number of hydrogen-bond acceptors (Lipinski definition) is 3. The van der Waals surface area contributed by atoms with E-state index in [4.69, 9.17) is 0 Å². The number of nitrogens with one attached hydrogen (secondary N) is 1. The highest BCUT2D eigenvalue weighted by Crippen LogP contribution is 2.30. The minimum Gasteiger partial charge on any atom is -0.508 e. The van der Waals surface area contributed by atoms with E-state index in [1.807, 2.05) is 12.1 Å². The van der Waals surface area contributed by atoms with Gasteiger partial charge in [-0.15, -0.1) is 0 Å². The fourth-order valence-electron chi connectivity index (χ4n) is 2.13. The second kappa shape index (κ2) is 5.17. The van der Waals surface area contributed by atoms with Gasteiger partial charge >= 0.3 is 0 Å². The lowest BCUT2D eigenvalue weighted by atomic mass is 10.1. The molecule has 2 rings (SSSR count). The van der Waals surface area contributed by atoms with Crippen LogP contribution in [0.1, 0.15) is 18.5 Å². The molecule has 0 aliphatic carbocycles. The SMILES string of the molecule is C[C@@H](c1cc(Br)ccc1O)N1CCNCC1. The Morgan fingerprint density at radius 2 is 2.06 bits per heavy atom. The van der Waals surface area contributed by atoms with Crippen molar-refractivity contribution in [2.24, 2.45) is 0 Å². The molecule has 1 aromatic rings. The highest BCUT2D eigenvalue weighted by atomic mass is 79.9. The van der Waals surface area contributed by atoms with Crippen LogP contribution in [0.25, 0.3) is 0 Å². The fraction of sp³-hybridized carbons (Fsp3) is 0.500. The van der Waals surface area contributed by atoms with Gasteiger partial charge in [-0.25, -0.2) is 0 Å². The van der Waals surface area contributed by atoms with Gasteiger partial charge in [-0.2, -0.15) is 0 Å². The Balaban J connectivity index is 2.18. The summed E-state index contributed by atoms with van der Waals surface area (Å²) in [6.07, 6.45) is 0. The van der Waals surface area contributed by atoms with Crippen molar-refractivity contribution in [1.82, 2.24) is 10.2 Å². The Labute approximate surface area is 105 Å². The van der Waals surface area contributed by atoms with Crippen LogP contribution in [0.15, 0.2) is 22.7 Å². The van der Waals surface area contributed by atoms with Gasteiger partial charge < -0.3 is 10.4 Å². The first-order chi connectivity index (χ1) is 7.68. The number of halogens is 1. The van der Waals surface area contributed by atoms with Crippen molar-refractivity contribution in [2.75, 3.05) is 26.2 Å². The maximum Gasteiger partial charge on any atom is 0.120 e. The van der Waals surface area contributed by atoms with Crippen LogP contribution in [0.5, 0.6) is 5.75 Å². The maximum atomic E-state index is 9.87. The van der Waals surface area contributed by atoms with Crippen LogP contribution >= 0.6 is 15.9 Å². The first-order valence-electron chi connectivity index (χ1n) is 5.61. The second-order valence-electron chi connectivity index (χ2n) is 4.17. The van der Waals surface area contributed by atoms with E-state index >= 15 is 0 Å². The molecule has 1 saturated heterocycles. The summed E-state index contributed by atoms with van der Waals surface area (Å²) in [6, 6.07) is 5.88. The van der Waals surface area contributed by atoms with Crippen LogP contribution in [0.2, 0.25) is 0 Å². The molecule has 0 amide bonds. The molecule has 88 valence electrons. The first kappa shape index (κ1) is 11.9. The quantitative estimate of drug-likeness (QED) is 0.873. The van der Waals surface area contributed by atoms with Gasteiger partial charge in [-0.3, -0.25) is 4.90 Å². The Morgan fingerprint density at radius 3 is 2.75 bits per heavy atom. The van der Waals surface area contributed by atoms with E-state index < -0.39 is 0 Å². The molecule has 1 heterocycles. The molecule has 0 saturated carbocycles. The summed E-state index contributed by atoms with van der Waals surface area (Å²) < 4.78 is 1.02. The number of phenols is 1. The zero-order valence-electron chi connectivity index (χ0n) is 9.41. The minimum atomic E-state index is 0.264. The number of phenolic OH excluding ortho intramolecular Hbond substituents is 1. The molecule has 3 nitrogen and oxygen atoms in total. The largest absolute Gasteiger partial charge is 0.508 e. The first-order valence-corrected chi connectivity index (χ1v) is 6.41. The fourth-order valence-corrected chi connectivity index (χ4v) is 2.50. The van der Waals surface area contributed by atoms with Gasteiger partial charge in [0, 0.05) is 42.3 Å². The predicted octanol–water partition coefficient (Wildman–Crippen LogP) is 2.12. The molecule has 0 radical (unpaired) electrons. The van der Waals surface area contributed by atoms with Crippen molar-refractivity contribution in [3.63, 3.8) is 0 Å². The van der Waals surface area contributed by atoms with Crippen LogP contribution in [0, 0.1) is 0 Å². The summed E-state index contributed by atoms with van der Waals surface area (Å²) >= 11 is 3.45. The summed E-state index contributed by atoms with van der Waals surface area (Å²) in [7, 11) is 0. The van der Waals surface area contributed by atoms with E-state index in [-0.39, 0.29) is 6.04 Å². The lowest BCUT2D eigenvalue weighted by molar-refractivity contribution is 0.183. The van der Waals surface area contributed by atoms with Gasteiger partial charge in [0.15, 0.2) is 0 Å². The molecular formula is C12H17BrN2O. The van der Waals surface area contributed by atoms with Crippen molar-refractivity contribution >= 4 is 15.9 Å². The third kappa shape index (κ3) is 2.56. The topological polar surface area (TPSA) is 35.5 Å². The zero-order chi connectivity index (χ0) is 11.5. The highest BCUT2D eigenvalue weighted by Gasteiger charge is 2.20. The third-order valence-corrected chi connectivity index (χ3v) is 3.63. The Hall–Kier alpha value is -0.580. The molecule has 0 unspecified atom stereocenters. The van der Waals surface area contributed by atoms with Gasteiger partial charge in [-0.05, 0) is 25.1 Å². The Morgan fingerprint density at radius 1 is 1.38 bits per heavy atom. The molecule has 16 heavy (non-hydrogen) atoms. The summed E-state index contributed by atoms with van der Waals surface area (Å²) in [5.74, 6) is 0.384. The molecule has 2 N–H and O–H groups in total. The van der Waals surface area contributed by atoms with E-state index in [2.05, 4.69) is 33.1 Å². The van der Waals surface area contributed by atoms with Gasteiger partial charge in [0.1, 0.15) is 5.75 Å². The van der Waals surface area contributed by atoms with E-state index in [0.717, 1.165) is 36.2 Å². The summed E-state index contributed by atoms with van der Waals surface area (Å²) in [6.45, 7) is 6.27. The van der Waals surface area contributed by atoms with E-state index in [1.54, 1.807) is 6.07 Å². The van der Waals surface area contributed by atoms with E-state index in [0.29, 0.717) is 5.75 Å². The van der Waals surface area contributed by atoms with Gasteiger partial charge in [0.05, 0.1) is 0 Å². The monoisotopic (exact) mass is 284 g/mol. The smallest absolute Gasteiger partial charge is 0.120 e. The van der Waals surface area contributed by atoms with Crippen LogP contribution in [0.4, 0.5) is 0 Å². The summed E-state index contributed by atoms with van der Waals surface area (Å²) in [4.78, 5) is 2.39. The normalized spacial score (nSPS) is 19.6. The van der Waals surface area contributed by atoms with Crippen molar-refractivity contribution in [2.45, 2.75) is 13.0 Å². The number of benzene rings is 1. The van der Waals surface area contributed by atoms with Crippen molar-refractivity contribution in [3.05, 3.63) is 28.2 Å². The molecule has 0 aromatic heterocycles. The summed E-state index contributed by atoms with van der Waals surface area (Å²) in [5, 5.41) is 13.2. The number of piperazine rings is 1. The zero-order valence-corrected chi connectivity index (χ0v) is 11.0. The van der Waals surface area contributed by atoms with Gasteiger partial charge in [0.25, 0.3) is 0 Å². The highest BCUT2D eigenvalue weighted by molar-refractivity contribution is 9.10. The van der Waals surface area contributed by atoms with Crippen LogP contribution in [0.3, 0.4) is 0 Å². The van der Waals surface area contributed by atoms with Crippen LogP contribution in [-0.4, -0.2) is 36.2 Å². The number of hydrogen-bond donors (Lipinski definition) is 2. The molecule has 1 aromatic carbocycles. The van der Waals surface area contributed by atoms with Gasteiger partial charge in [-0.1, -0.05) is 15.9 Å². The molecule has 0 spiro atoms. The molecule has 1 aliphatic heterocycles. The average molecular weight is 285 g/mol. The van der Waals surface area contributed by atoms with Gasteiger partial charge in [0.2, 0.25) is 0 Å². The number of nitrogens with zero attached hydrogens (tertiary/aromatic N) is 1. The molecule has 4 heteroatoms. The standard InChI is InChI=1S/C12H17BrN2O/c1-9(15-6-4-14-5-7-15)11-8-10(13)2-3-12(11)16/h2-3,8-9,14,16H,4-7H2,1H3/t9-/m0/s1. The summed E-state index contributed by atoms with van der Waals surface area (Å²) in [5.41, 5.74) is 0.997. The number of aromatic hydroxyl groups is 1. The lowest BCUT2D eigenvalue weighted by Crippen LogP contribution is -2.44. The molecule has 1 fully saturated rings.